The molecule has 230 valence electrons. The van der Waals surface area contributed by atoms with Crippen molar-refractivity contribution in [1.82, 2.24) is 20.1 Å². The average molecular weight is 634 g/mol. The molecule has 0 fully saturated rings. The number of thiophene rings is 1. The van der Waals surface area contributed by atoms with Crippen molar-refractivity contribution in [1.29, 1.82) is 0 Å². The predicted molar refractivity (Wildman–Crippen MR) is 171 cm³/mol. The minimum atomic E-state index is -0.394. The Kier molecular flexibility index (Phi) is 10.7. The summed E-state index contributed by atoms with van der Waals surface area (Å²) in [6.07, 6.45) is 4.90. The molecule has 12 heteroatoms. The number of aromatic nitrogens is 3. The third-order valence-electron chi connectivity index (χ3n) is 7.00. The van der Waals surface area contributed by atoms with Gasteiger partial charge in [0.1, 0.15) is 10.8 Å². The van der Waals surface area contributed by atoms with Gasteiger partial charge in [-0.3, -0.25) is 14.2 Å². The molecule has 0 spiro atoms. The Morgan fingerprint density at radius 3 is 2.61 bits per heavy atom. The van der Waals surface area contributed by atoms with Gasteiger partial charge in [0.2, 0.25) is 5.91 Å². The monoisotopic (exact) mass is 633 g/mol. The van der Waals surface area contributed by atoms with E-state index in [1.165, 1.54) is 23.1 Å². The second-order valence-corrected chi connectivity index (χ2v) is 12.3. The highest BCUT2D eigenvalue weighted by Crippen LogP contribution is 2.38. The highest BCUT2D eigenvalue weighted by atomic mass is 32.2. The summed E-state index contributed by atoms with van der Waals surface area (Å²) in [6, 6.07) is 17.0. The molecule has 0 bridgehead atoms. The number of aryl methyl sites for hydroxylation is 2. The fourth-order valence-corrected chi connectivity index (χ4v) is 7.04. The number of nitrogens with zero attached hydrogens (tertiary/aromatic N) is 3. The van der Waals surface area contributed by atoms with Crippen molar-refractivity contribution in [2.24, 2.45) is 0 Å². The van der Waals surface area contributed by atoms with Crippen LogP contribution >= 0.6 is 23.1 Å². The van der Waals surface area contributed by atoms with E-state index in [9.17, 15) is 14.4 Å². The van der Waals surface area contributed by atoms with Crippen LogP contribution in [0.25, 0.3) is 5.69 Å². The highest BCUT2D eigenvalue weighted by Gasteiger charge is 2.27. The number of benzene rings is 2. The molecule has 4 aromatic rings. The lowest BCUT2D eigenvalue weighted by Gasteiger charge is -2.12. The van der Waals surface area contributed by atoms with Gasteiger partial charge < -0.3 is 20.1 Å². The largest absolute Gasteiger partial charge is 0.484 e. The van der Waals surface area contributed by atoms with Crippen molar-refractivity contribution in [3.8, 4) is 11.4 Å². The van der Waals surface area contributed by atoms with Crippen molar-refractivity contribution < 1.29 is 23.9 Å². The zero-order valence-electron chi connectivity index (χ0n) is 24.8. The Bertz CT molecular complexity index is 1620. The number of ether oxygens (including phenoxy) is 2. The number of esters is 1. The molecule has 1 aliphatic carbocycles. The number of fused-ring (bicyclic) bond motifs is 1. The molecule has 2 aromatic carbocycles. The van der Waals surface area contributed by atoms with E-state index in [2.05, 4.69) is 20.8 Å². The van der Waals surface area contributed by atoms with Crippen LogP contribution in [0.3, 0.4) is 0 Å². The standard InChI is InChI=1S/C32H35N5O5S2/c1-3-41-31(40)29-24-15-8-5-9-16-25(24)44-30(29)34-28(39)20-43-32-36-35-26(37(32)22-12-10-11-21(2)17-22)18-33-27(38)19-42-23-13-6-4-7-14-23/h4,6-7,10-14,17H,3,5,8-9,15-16,18-20H2,1-2H3,(H,33,38)(H,34,39). The van der Waals surface area contributed by atoms with Gasteiger partial charge in [-0.15, -0.1) is 21.5 Å². The van der Waals surface area contributed by atoms with Gasteiger partial charge in [-0.1, -0.05) is 48.5 Å². The minimum absolute atomic E-state index is 0.0477. The molecule has 0 unspecified atom stereocenters. The quantitative estimate of drug-likeness (QED) is 0.119. The third-order valence-corrected chi connectivity index (χ3v) is 9.14. The maximum atomic E-state index is 13.2. The van der Waals surface area contributed by atoms with Crippen molar-refractivity contribution in [3.63, 3.8) is 0 Å². The topological polar surface area (TPSA) is 124 Å². The Hall–Kier alpha value is -4.16. The van der Waals surface area contributed by atoms with E-state index < -0.39 is 5.97 Å². The normalized spacial score (nSPS) is 12.6. The molecule has 0 aliphatic heterocycles. The van der Waals surface area contributed by atoms with E-state index in [0.717, 1.165) is 53.8 Å². The summed E-state index contributed by atoms with van der Waals surface area (Å²) in [5, 5.41) is 15.5. The second kappa shape index (κ2) is 15.0. The van der Waals surface area contributed by atoms with E-state index in [1.54, 1.807) is 19.1 Å². The number of hydrogen-bond acceptors (Lipinski definition) is 9. The summed E-state index contributed by atoms with van der Waals surface area (Å²) in [6.45, 7) is 4.02. The van der Waals surface area contributed by atoms with Crippen LogP contribution in [0.15, 0.2) is 59.8 Å². The molecule has 0 radical (unpaired) electrons. The van der Waals surface area contributed by atoms with Gasteiger partial charge in [0.25, 0.3) is 5.91 Å². The smallest absolute Gasteiger partial charge is 0.341 e. The van der Waals surface area contributed by atoms with Crippen LogP contribution in [0.5, 0.6) is 5.75 Å². The Morgan fingerprint density at radius 1 is 1.00 bits per heavy atom. The lowest BCUT2D eigenvalue weighted by molar-refractivity contribution is -0.123. The molecule has 5 rings (SSSR count). The molecular formula is C32H35N5O5S2. The first-order valence-corrected chi connectivity index (χ1v) is 16.4. The van der Waals surface area contributed by atoms with Crippen molar-refractivity contribution >= 4 is 45.9 Å². The number of thioether (sulfide) groups is 1. The van der Waals surface area contributed by atoms with E-state index >= 15 is 0 Å². The lowest BCUT2D eigenvalue weighted by Crippen LogP contribution is -2.29. The molecule has 2 heterocycles. The average Bonchev–Trinajstić information content (AvgIpc) is 3.50. The number of carbonyl (C=O) groups is 3. The van der Waals surface area contributed by atoms with Gasteiger partial charge >= 0.3 is 5.97 Å². The molecule has 0 saturated carbocycles. The van der Waals surface area contributed by atoms with Gasteiger partial charge in [0, 0.05) is 10.6 Å². The molecular weight excluding hydrogens is 599 g/mol. The van der Waals surface area contributed by atoms with E-state index in [4.69, 9.17) is 9.47 Å². The van der Waals surface area contributed by atoms with E-state index in [-0.39, 0.29) is 37.3 Å². The van der Waals surface area contributed by atoms with Crippen LogP contribution in [0.1, 0.15) is 58.4 Å². The summed E-state index contributed by atoms with van der Waals surface area (Å²) in [7, 11) is 0. The number of nitrogens with one attached hydrogen (secondary N) is 2. The number of rotatable bonds is 12. The van der Waals surface area contributed by atoms with Gasteiger partial charge in [0.15, 0.2) is 17.6 Å². The molecule has 2 N–H and O–H groups in total. The summed E-state index contributed by atoms with van der Waals surface area (Å²) in [5.41, 5.74) is 3.35. The van der Waals surface area contributed by atoms with Crippen LogP contribution in [-0.2, 0) is 33.7 Å². The van der Waals surface area contributed by atoms with Crippen LogP contribution in [0.4, 0.5) is 5.00 Å². The molecule has 10 nitrogen and oxygen atoms in total. The second-order valence-electron chi connectivity index (χ2n) is 10.3. The van der Waals surface area contributed by atoms with Gasteiger partial charge in [-0.25, -0.2) is 4.79 Å². The van der Waals surface area contributed by atoms with E-state index in [0.29, 0.717) is 27.3 Å². The fraction of sp³-hybridized carbons (Fsp3) is 0.344. The number of para-hydroxylation sites is 1. The molecule has 0 atom stereocenters. The fourth-order valence-electron chi connectivity index (χ4n) is 4.97. The van der Waals surface area contributed by atoms with Crippen molar-refractivity contribution in [2.75, 3.05) is 24.3 Å². The maximum absolute atomic E-state index is 13.2. The van der Waals surface area contributed by atoms with Crippen LogP contribution in [-0.4, -0.2) is 51.5 Å². The van der Waals surface area contributed by atoms with E-state index in [1.807, 2.05) is 54.0 Å². The Balaban J connectivity index is 1.28. The molecule has 2 aromatic heterocycles. The third kappa shape index (κ3) is 7.86. The first kappa shape index (κ1) is 31.3. The van der Waals surface area contributed by atoms with Gasteiger partial charge in [-0.05, 0) is 74.9 Å². The van der Waals surface area contributed by atoms with Gasteiger partial charge in [0.05, 0.1) is 24.5 Å². The summed E-state index contributed by atoms with van der Waals surface area (Å²) >= 11 is 2.70. The first-order valence-electron chi connectivity index (χ1n) is 14.6. The number of hydrogen-bond donors (Lipinski definition) is 2. The summed E-state index contributed by atoms with van der Waals surface area (Å²) in [5.74, 6) is 0.214. The number of amides is 2. The Morgan fingerprint density at radius 2 is 1.82 bits per heavy atom. The number of carbonyl (C=O) groups excluding carboxylic acids is 3. The predicted octanol–water partition coefficient (Wildman–Crippen LogP) is 5.51. The maximum Gasteiger partial charge on any atom is 0.341 e. The summed E-state index contributed by atoms with van der Waals surface area (Å²) < 4.78 is 12.7. The van der Waals surface area contributed by atoms with Crippen LogP contribution in [0, 0.1) is 6.92 Å². The summed E-state index contributed by atoms with van der Waals surface area (Å²) in [4.78, 5) is 39.8. The van der Waals surface area contributed by atoms with Gasteiger partial charge in [-0.2, -0.15) is 0 Å². The molecule has 0 saturated heterocycles. The van der Waals surface area contributed by atoms with Crippen molar-refractivity contribution in [3.05, 3.63) is 82.0 Å². The van der Waals surface area contributed by atoms with Crippen LogP contribution < -0.4 is 15.4 Å². The molecule has 1 aliphatic rings. The van der Waals surface area contributed by atoms with Crippen molar-refractivity contribution in [2.45, 2.75) is 57.7 Å². The Labute approximate surface area is 264 Å². The zero-order chi connectivity index (χ0) is 30.9. The molecule has 2 amide bonds. The van der Waals surface area contributed by atoms with Crippen LogP contribution in [0.2, 0.25) is 0 Å². The first-order chi connectivity index (χ1) is 21.4. The number of anilines is 1. The lowest BCUT2D eigenvalue weighted by atomic mass is 10.1. The highest BCUT2D eigenvalue weighted by molar-refractivity contribution is 7.99. The minimum Gasteiger partial charge on any atom is -0.484 e. The zero-order valence-corrected chi connectivity index (χ0v) is 26.4. The SMILES string of the molecule is CCOC(=O)c1c(NC(=O)CSc2nnc(CNC(=O)COc3ccccc3)n2-c2cccc(C)c2)sc2c1CCCCC2. The molecule has 44 heavy (non-hydrogen) atoms.